The van der Waals surface area contributed by atoms with Gasteiger partial charge in [-0.05, 0) is 30.3 Å². The molecule has 2 aromatic rings. The first-order chi connectivity index (χ1) is 10.1. The predicted molar refractivity (Wildman–Crippen MR) is 78.4 cm³/mol. The Morgan fingerprint density at radius 1 is 1.14 bits per heavy atom. The fourth-order valence-corrected chi connectivity index (χ4v) is 1.79. The summed E-state index contributed by atoms with van der Waals surface area (Å²) in [4.78, 5) is 21.8. The maximum absolute atomic E-state index is 11.6. The smallest absolute Gasteiger partial charge is 0.349 e. The number of benzene rings is 2. The van der Waals surface area contributed by atoms with Gasteiger partial charge in [0.1, 0.15) is 5.75 Å². The Morgan fingerprint density at radius 2 is 1.81 bits per heavy atom. The second-order valence-electron chi connectivity index (χ2n) is 3.94. The molecule has 6 nitrogen and oxygen atoms in total. The Morgan fingerprint density at radius 3 is 2.48 bits per heavy atom. The zero-order valence-corrected chi connectivity index (χ0v) is 12.3. The number of rotatable bonds is 5. The third-order valence-corrected chi connectivity index (χ3v) is 2.98. The van der Waals surface area contributed by atoms with Crippen LogP contribution in [0.15, 0.2) is 53.0 Å². The SMILES string of the molecule is O=C(COc1ccccc1[N+](=O)[O-])Oc1ccc(Br)cc1. The summed E-state index contributed by atoms with van der Waals surface area (Å²) >= 11 is 3.27. The van der Waals surface area contributed by atoms with Crippen LogP contribution in [0.5, 0.6) is 11.5 Å². The van der Waals surface area contributed by atoms with Crippen LogP contribution in [-0.4, -0.2) is 17.5 Å². The lowest BCUT2D eigenvalue weighted by Gasteiger charge is -2.07. The van der Waals surface area contributed by atoms with E-state index in [0.29, 0.717) is 5.75 Å². The molecular weight excluding hydrogens is 342 g/mol. The van der Waals surface area contributed by atoms with Gasteiger partial charge in [0.2, 0.25) is 0 Å². The summed E-state index contributed by atoms with van der Waals surface area (Å²) in [6.45, 7) is -0.416. The number of carbonyl (C=O) groups excluding carboxylic acids is 1. The summed E-state index contributed by atoms with van der Waals surface area (Å²) < 4.78 is 11.0. The molecule has 0 spiro atoms. The van der Waals surface area contributed by atoms with Crippen molar-refractivity contribution in [3.63, 3.8) is 0 Å². The topological polar surface area (TPSA) is 78.7 Å². The normalized spacial score (nSPS) is 9.95. The van der Waals surface area contributed by atoms with Crippen molar-refractivity contribution in [2.24, 2.45) is 0 Å². The molecule has 0 saturated heterocycles. The number of nitro groups is 1. The number of carbonyl (C=O) groups is 1. The Hall–Kier alpha value is -2.41. The van der Waals surface area contributed by atoms with E-state index in [1.165, 1.54) is 18.2 Å². The molecule has 0 bridgehead atoms. The van der Waals surface area contributed by atoms with Gasteiger partial charge >= 0.3 is 11.7 Å². The maximum Gasteiger partial charge on any atom is 0.349 e. The minimum atomic E-state index is -0.643. The number of para-hydroxylation sites is 2. The fraction of sp³-hybridized carbons (Fsp3) is 0.0714. The number of hydrogen-bond donors (Lipinski definition) is 0. The van der Waals surface area contributed by atoms with Crippen LogP contribution in [0.1, 0.15) is 0 Å². The average molecular weight is 352 g/mol. The first-order valence-corrected chi connectivity index (χ1v) is 6.68. The van der Waals surface area contributed by atoms with Gasteiger partial charge in [-0.1, -0.05) is 28.1 Å². The van der Waals surface area contributed by atoms with Crippen molar-refractivity contribution in [1.82, 2.24) is 0 Å². The molecule has 0 aliphatic carbocycles. The molecule has 0 amide bonds. The molecule has 0 unspecified atom stereocenters. The van der Waals surface area contributed by atoms with E-state index in [0.717, 1.165) is 4.47 Å². The van der Waals surface area contributed by atoms with E-state index in [1.54, 1.807) is 30.3 Å². The van der Waals surface area contributed by atoms with Crippen LogP contribution in [0.4, 0.5) is 5.69 Å². The summed E-state index contributed by atoms with van der Waals surface area (Å²) in [5.41, 5.74) is -0.200. The number of nitro benzene ring substituents is 1. The van der Waals surface area contributed by atoms with E-state index in [4.69, 9.17) is 9.47 Å². The van der Waals surface area contributed by atoms with E-state index in [9.17, 15) is 14.9 Å². The van der Waals surface area contributed by atoms with E-state index in [-0.39, 0.29) is 11.4 Å². The molecule has 0 aliphatic rings. The Kier molecular flexibility index (Phi) is 4.89. The van der Waals surface area contributed by atoms with Crippen molar-refractivity contribution in [3.8, 4) is 11.5 Å². The largest absolute Gasteiger partial charge is 0.475 e. The van der Waals surface area contributed by atoms with Crippen molar-refractivity contribution in [3.05, 3.63) is 63.1 Å². The highest BCUT2D eigenvalue weighted by atomic mass is 79.9. The summed E-state index contributed by atoms with van der Waals surface area (Å²) in [6, 6.07) is 12.5. The summed E-state index contributed by atoms with van der Waals surface area (Å²) in [7, 11) is 0. The van der Waals surface area contributed by atoms with Gasteiger partial charge < -0.3 is 9.47 Å². The quantitative estimate of drug-likeness (QED) is 0.357. The first kappa shape index (κ1) is 15.0. The Labute approximate surface area is 128 Å². The molecule has 108 valence electrons. The van der Waals surface area contributed by atoms with Gasteiger partial charge in [-0.15, -0.1) is 0 Å². The summed E-state index contributed by atoms with van der Waals surface area (Å²) in [5, 5.41) is 10.8. The van der Waals surface area contributed by atoms with Crippen molar-refractivity contribution in [2.45, 2.75) is 0 Å². The van der Waals surface area contributed by atoms with E-state index in [2.05, 4.69) is 15.9 Å². The lowest BCUT2D eigenvalue weighted by Crippen LogP contribution is -2.18. The van der Waals surface area contributed by atoms with Crippen LogP contribution in [0.3, 0.4) is 0 Å². The third kappa shape index (κ3) is 4.28. The van der Waals surface area contributed by atoms with Gasteiger partial charge in [-0.25, -0.2) is 4.79 Å². The molecule has 21 heavy (non-hydrogen) atoms. The van der Waals surface area contributed by atoms with Gasteiger partial charge in [0.15, 0.2) is 12.4 Å². The highest BCUT2D eigenvalue weighted by molar-refractivity contribution is 9.10. The van der Waals surface area contributed by atoms with Crippen LogP contribution < -0.4 is 9.47 Å². The lowest BCUT2D eigenvalue weighted by molar-refractivity contribution is -0.385. The number of nitrogens with zero attached hydrogens (tertiary/aromatic N) is 1. The molecular formula is C14H10BrNO5. The molecule has 0 fully saturated rings. The molecule has 7 heteroatoms. The van der Waals surface area contributed by atoms with Gasteiger partial charge in [0.25, 0.3) is 0 Å². The third-order valence-electron chi connectivity index (χ3n) is 2.45. The number of halogens is 1. The molecule has 0 heterocycles. The van der Waals surface area contributed by atoms with E-state index < -0.39 is 17.5 Å². The zero-order valence-electron chi connectivity index (χ0n) is 10.7. The van der Waals surface area contributed by atoms with Crippen LogP contribution in [0.25, 0.3) is 0 Å². The minimum absolute atomic E-state index is 0.0234. The fourth-order valence-electron chi connectivity index (χ4n) is 1.53. The van der Waals surface area contributed by atoms with Gasteiger partial charge in [0, 0.05) is 10.5 Å². The van der Waals surface area contributed by atoms with Crippen molar-refractivity contribution in [1.29, 1.82) is 0 Å². The van der Waals surface area contributed by atoms with Crippen molar-refractivity contribution >= 4 is 27.6 Å². The Balaban J connectivity index is 1.95. The minimum Gasteiger partial charge on any atom is -0.475 e. The Bertz CT molecular complexity index is 657. The summed E-state index contributed by atoms with van der Waals surface area (Å²) in [6.07, 6.45) is 0. The van der Waals surface area contributed by atoms with Crippen molar-refractivity contribution < 1.29 is 19.2 Å². The van der Waals surface area contributed by atoms with Crippen LogP contribution in [-0.2, 0) is 4.79 Å². The number of ether oxygens (including phenoxy) is 2. The van der Waals surface area contributed by atoms with Crippen LogP contribution in [0, 0.1) is 10.1 Å². The number of hydrogen-bond acceptors (Lipinski definition) is 5. The number of esters is 1. The molecule has 0 atom stereocenters. The molecule has 0 aromatic heterocycles. The predicted octanol–water partition coefficient (Wildman–Crippen LogP) is 3.34. The average Bonchev–Trinajstić information content (AvgIpc) is 2.48. The first-order valence-electron chi connectivity index (χ1n) is 5.89. The lowest BCUT2D eigenvalue weighted by atomic mass is 10.3. The second kappa shape index (κ2) is 6.85. The monoisotopic (exact) mass is 351 g/mol. The highest BCUT2D eigenvalue weighted by Crippen LogP contribution is 2.25. The van der Waals surface area contributed by atoms with Crippen LogP contribution >= 0.6 is 15.9 Å². The van der Waals surface area contributed by atoms with E-state index in [1.807, 2.05) is 0 Å². The zero-order chi connectivity index (χ0) is 15.2. The van der Waals surface area contributed by atoms with E-state index >= 15 is 0 Å². The second-order valence-corrected chi connectivity index (χ2v) is 4.86. The maximum atomic E-state index is 11.6. The van der Waals surface area contributed by atoms with Gasteiger partial charge in [0.05, 0.1) is 4.92 Å². The van der Waals surface area contributed by atoms with Gasteiger partial charge in [-0.2, -0.15) is 0 Å². The summed E-state index contributed by atoms with van der Waals surface area (Å²) in [5.74, 6) is -0.250. The molecule has 0 saturated carbocycles. The molecule has 0 radical (unpaired) electrons. The molecule has 0 N–H and O–H groups in total. The standard InChI is InChI=1S/C14H10BrNO5/c15-10-5-7-11(8-6-10)21-14(17)9-20-13-4-2-1-3-12(13)16(18)19/h1-8H,9H2. The molecule has 0 aliphatic heterocycles. The van der Waals surface area contributed by atoms with Gasteiger partial charge in [-0.3, -0.25) is 10.1 Å². The van der Waals surface area contributed by atoms with Crippen molar-refractivity contribution in [2.75, 3.05) is 6.61 Å². The van der Waals surface area contributed by atoms with Crippen LogP contribution in [0.2, 0.25) is 0 Å². The highest BCUT2D eigenvalue weighted by Gasteiger charge is 2.15. The molecule has 2 aromatic carbocycles. The molecule has 2 rings (SSSR count).